The lowest BCUT2D eigenvalue weighted by Gasteiger charge is -2.22. The van der Waals surface area contributed by atoms with Gasteiger partial charge in [-0.25, -0.2) is 8.78 Å². The van der Waals surface area contributed by atoms with Gasteiger partial charge in [0.25, 0.3) is 0 Å². The van der Waals surface area contributed by atoms with Crippen molar-refractivity contribution in [2.24, 2.45) is 0 Å². The number of rotatable bonds is 2. The Morgan fingerprint density at radius 3 is 2.65 bits per heavy atom. The predicted octanol–water partition coefficient (Wildman–Crippen LogP) is 2.83. The highest BCUT2D eigenvalue weighted by Crippen LogP contribution is 2.32. The smallest absolute Gasteiger partial charge is 0.135 e. The zero-order valence-corrected chi connectivity index (χ0v) is 10.8. The summed E-state index contributed by atoms with van der Waals surface area (Å²) in [5, 5.41) is 17.4. The minimum atomic E-state index is -0.645. The van der Waals surface area contributed by atoms with Gasteiger partial charge in [0.15, 0.2) is 0 Å². The van der Waals surface area contributed by atoms with Crippen molar-refractivity contribution in [2.75, 3.05) is 6.61 Å². The summed E-state index contributed by atoms with van der Waals surface area (Å²) < 4.78 is 27.5. The van der Waals surface area contributed by atoms with Gasteiger partial charge >= 0.3 is 0 Å². The summed E-state index contributed by atoms with van der Waals surface area (Å²) in [6.07, 6.45) is 2.60. The Labute approximate surface area is 115 Å². The Balaban J connectivity index is 2.09. The number of hydrogen-bond donors (Lipinski definition) is 1. The number of aromatic nitrogens is 2. The Morgan fingerprint density at radius 1 is 1.20 bits per heavy atom. The fourth-order valence-corrected chi connectivity index (χ4v) is 2.70. The van der Waals surface area contributed by atoms with Gasteiger partial charge in [0.05, 0.1) is 23.6 Å². The lowest BCUT2D eigenvalue weighted by Crippen LogP contribution is -2.16. The Morgan fingerprint density at radius 2 is 1.95 bits per heavy atom. The SMILES string of the molecule is OCC1CCCc2cc(-c3c(F)cccc3F)nnc21. The minimum absolute atomic E-state index is 0.0224. The van der Waals surface area contributed by atoms with Crippen LogP contribution in [0.15, 0.2) is 24.3 Å². The molecule has 0 spiro atoms. The lowest BCUT2D eigenvalue weighted by atomic mass is 9.87. The molecule has 0 fully saturated rings. The van der Waals surface area contributed by atoms with Crippen molar-refractivity contribution < 1.29 is 13.9 Å². The number of hydrogen-bond acceptors (Lipinski definition) is 3. The summed E-state index contributed by atoms with van der Waals surface area (Å²) in [5.74, 6) is -1.31. The molecule has 1 heterocycles. The van der Waals surface area contributed by atoms with E-state index in [4.69, 9.17) is 0 Å². The van der Waals surface area contributed by atoms with Crippen LogP contribution in [0.3, 0.4) is 0 Å². The molecule has 1 atom stereocenters. The molecule has 1 unspecified atom stereocenters. The normalized spacial score (nSPS) is 17.9. The van der Waals surface area contributed by atoms with Crippen LogP contribution in [0.2, 0.25) is 0 Å². The first-order chi connectivity index (χ1) is 9.70. The van der Waals surface area contributed by atoms with Gasteiger partial charge in [0.1, 0.15) is 11.6 Å². The maximum atomic E-state index is 13.8. The molecule has 1 aliphatic carbocycles. The van der Waals surface area contributed by atoms with Crippen LogP contribution in [-0.2, 0) is 6.42 Å². The molecule has 3 rings (SSSR count). The molecular formula is C15H14F2N2O. The average molecular weight is 276 g/mol. The number of fused-ring (bicyclic) bond motifs is 1. The van der Waals surface area contributed by atoms with E-state index in [2.05, 4.69) is 10.2 Å². The maximum absolute atomic E-state index is 13.8. The van der Waals surface area contributed by atoms with Crippen LogP contribution in [0.25, 0.3) is 11.3 Å². The van der Waals surface area contributed by atoms with Gasteiger partial charge < -0.3 is 5.11 Å². The molecule has 3 nitrogen and oxygen atoms in total. The highest BCUT2D eigenvalue weighted by atomic mass is 19.1. The quantitative estimate of drug-likeness (QED) is 0.917. The van der Waals surface area contributed by atoms with Crippen molar-refractivity contribution >= 4 is 0 Å². The van der Waals surface area contributed by atoms with Crippen LogP contribution in [0.5, 0.6) is 0 Å². The predicted molar refractivity (Wildman–Crippen MR) is 70.1 cm³/mol. The monoisotopic (exact) mass is 276 g/mol. The molecule has 0 radical (unpaired) electrons. The molecule has 0 saturated carbocycles. The summed E-state index contributed by atoms with van der Waals surface area (Å²) in [5.41, 5.74) is 1.73. The lowest BCUT2D eigenvalue weighted by molar-refractivity contribution is 0.249. The second-order valence-electron chi connectivity index (χ2n) is 5.01. The molecule has 1 N–H and O–H groups in total. The van der Waals surface area contributed by atoms with E-state index >= 15 is 0 Å². The van der Waals surface area contributed by atoms with E-state index in [1.54, 1.807) is 6.07 Å². The van der Waals surface area contributed by atoms with Crippen LogP contribution in [0.4, 0.5) is 8.78 Å². The van der Waals surface area contributed by atoms with E-state index in [1.807, 2.05) is 0 Å². The standard InChI is InChI=1S/C15H14F2N2O/c16-11-5-2-6-12(17)14(11)13-7-9-3-1-4-10(8-20)15(9)19-18-13/h2,5-7,10,20H,1,3-4,8H2. The summed E-state index contributed by atoms with van der Waals surface area (Å²) in [6, 6.07) is 5.42. The minimum Gasteiger partial charge on any atom is -0.396 e. The fraction of sp³-hybridized carbons (Fsp3) is 0.333. The van der Waals surface area contributed by atoms with Gasteiger partial charge in [0.2, 0.25) is 0 Å². The first-order valence-electron chi connectivity index (χ1n) is 6.62. The molecule has 0 amide bonds. The number of aryl methyl sites for hydroxylation is 1. The molecule has 0 saturated heterocycles. The van der Waals surface area contributed by atoms with Gasteiger partial charge in [-0.3, -0.25) is 0 Å². The number of aliphatic hydroxyl groups excluding tert-OH is 1. The molecule has 0 aliphatic heterocycles. The molecule has 0 bridgehead atoms. The van der Waals surface area contributed by atoms with E-state index < -0.39 is 11.6 Å². The van der Waals surface area contributed by atoms with Crippen LogP contribution < -0.4 is 0 Å². The summed E-state index contributed by atoms with van der Waals surface area (Å²) in [4.78, 5) is 0. The second-order valence-corrected chi connectivity index (χ2v) is 5.01. The van der Waals surface area contributed by atoms with E-state index in [0.29, 0.717) is 0 Å². The van der Waals surface area contributed by atoms with E-state index in [9.17, 15) is 13.9 Å². The summed E-state index contributed by atoms with van der Waals surface area (Å²) >= 11 is 0. The van der Waals surface area contributed by atoms with E-state index in [-0.39, 0.29) is 23.8 Å². The van der Waals surface area contributed by atoms with Crippen LogP contribution >= 0.6 is 0 Å². The van der Waals surface area contributed by atoms with Crippen LogP contribution in [-0.4, -0.2) is 21.9 Å². The van der Waals surface area contributed by atoms with Crippen LogP contribution in [0, 0.1) is 11.6 Å². The number of aliphatic hydroxyl groups is 1. The Hall–Kier alpha value is -1.88. The molecular weight excluding hydrogens is 262 g/mol. The molecule has 1 aliphatic rings. The number of benzene rings is 1. The third-order valence-electron chi connectivity index (χ3n) is 3.73. The third kappa shape index (κ3) is 2.18. The first kappa shape index (κ1) is 13.1. The van der Waals surface area contributed by atoms with Gasteiger partial charge in [-0.1, -0.05) is 6.07 Å². The zero-order valence-electron chi connectivity index (χ0n) is 10.8. The van der Waals surface area contributed by atoms with E-state index in [1.165, 1.54) is 18.2 Å². The third-order valence-corrected chi connectivity index (χ3v) is 3.73. The summed E-state index contributed by atoms with van der Waals surface area (Å²) in [6.45, 7) is 0.0229. The van der Waals surface area contributed by atoms with Gasteiger partial charge in [-0.2, -0.15) is 10.2 Å². The molecule has 20 heavy (non-hydrogen) atoms. The zero-order chi connectivity index (χ0) is 14.1. The van der Waals surface area contributed by atoms with Crippen molar-refractivity contribution in [3.8, 4) is 11.3 Å². The van der Waals surface area contributed by atoms with Crippen molar-refractivity contribution in [3.05, 3.63) is 47.2 Å². The largest absolute Gasteiger partial charge is 0.396 e. The topological polar surface area (TPSA) is 46.0 Å². The second kappa shape index (κ2) is 5.25. The highest BCUT2D eigenvalue weighted by molar-refractivity contribution is 5.61. The first-order valence-corrected chi connectivity index (χ1v) is 6.62. The molecule has 1 aromatic heterocycles. The molecule has 2 aromatic rings. The average Bonchev–Trinajstić information content (AvgIpc) is 2.46. The Bertz CT molecular complexity index is 626. The van der Waals surface area contributed by atoms with Crippen molar-refractivity contribution in [1.82, 2.24) is 10.2 Å². The van der Waals surface area contributed by atoms with Gasteiger partial charge in [-0.05, 0) is 43.0 Å². The molecule has 104 valence electrons. The maximum Gasteiger partial charge on any atom is 0.135 e. The van der Waals surface area contributed by atoms with Gasteiger partial charge in [-0.15, -0.1) is 0 Å². The van der Waals surface area contributed by atoms with Crippen molar-refractivity contribution in [3.63, 3.8) is 0 Å². The fourth-order valence-electron chi connectivity index (χ4n) is 2.70. The Kier molecular flexibility index (Phi) is 3.44. The van der Waals surface area contributed by atoms with Crippen molar-refractivity contribution in [2.45, 2.75) is 25.2 Å². The molecule has 1 aromatic carbocycles. The number of nitrogens with zero attached hydrogens (tertiary/aromatic N) is 2. The molecule has 5 heteroatoms. The highest BCUT2D eigenvalue weighted by Gasteiger charge is 2.23. The van der Waals surface area contributed by atoms with Crippen LogP contribution in [0.1, 0.15) is 30.0 Å². The number of halogens is 2. The van der Waals surface area contributed by atoms with Crippen molar-refractivity contribution in [1.29, 1.82) is 0 Å². The van der Waals surface area contributed by atoms with Gasteiger partial charge in [0, 0.05) is 5.92 Å². The van der Waals surface area contributed by atoms with E-state index in [0.717, 1.165) is 30.5 Å². The summed E-state index contributed by atoms with van der Waals surface area (Å²) in [7, 11) is 0.